The van der Waals surface area contributed by atoms with Crippen molar-refractivity contribution < 1.29 is 4.79 Å². The van der Waals surface area contributed by atoms with Crippen LogP contribution in [-0.2, 0) is 11.2 Å². The number of nitrogens with zero attached hydrogens (tertiary/aromatic N) is 2. The summed E-state index contributed by atoms with van der Waals surface area (Å²) in [6.45, 7) is 6.60. The zero-order valence-corrected chi connectivity index (χ0v) is 20.5. The molecule has 4 nitrogen and oxygen atoms in total. The third-order valence-electron chi connectivity index (χ3n) is 6.22. The maximum absolute atomic E-state index is 13.0. The fourth-order valence-corrected chi connectivity index (χ4v) is 5.38. The number of hydrogen-bond acceptors (Lipinski definition) is 4. The van der Waals surface area contributed by atoms with Crippen molar-refractivity contribution in [3.05, 3.63) is 100 Å². The normalized spacial score (nSPS) is 19.4. The van der Waals surface area contributed by atoms with Crippen molar-refractivity contribution in [2.45, 2.75) is 38.6 Å². The van der Waals surface area contributed by atoms with Gasteiger partial charge in [-0.2, -0.15) is 0 Å². The molecular weight excluding hydrogens is 438 g/mol. The van der Waals surface area contributed by atoms with Gasteiger partial charge in [0, 0.05) is 5.92 Å². The lowest BCUT2D eigenvalue weighted by molar-refractivity contribution is -0.127. The first-order chi connectivity index (χ1) is 16.5. The second kappa shape index (κ2) is 9.51. The standard InChI is InChI=1S/C29H29N3OS/c1-19(2)17-21-9-13-23(14-10-21)20(3)27-30-29-32(31-27)28(33)26(34-29)18-22-11-15-25(16-12-22)24-7-5-4-6-8-24/h4-16,18-20,29H,17H2,1-3H3,(H,30,31)/b26-18+. The highest BCUT2D eigenvalue weighted by Crippen LogP contribution is 2.39. The molecule has 5 heteroatoms. The monoisotopic (exact) mass is 467 g/mol. The summed E-state index contributed by atoms with van der Waals surface area (Å²) in [5, 5.41) is 1.65. The van der Waals surface area contributed by atoms with E-state index < -0.39 is 0 Å². The van der Waals surface area contributed by atoms with Gasteiger partial charge in [0.25, 0.3) is 5.91 Å². The summed E-state index contributed by atoms with van der Waals surface area (Å²) in [5.41, 5.74) is 8.93. The Kier molecular flexibility index (Phi) is 6.29. The Labute approximate surface area is 205 Å². The average molecular weight is 468 g/mol. The Balaban J connectivity index is 1.27. The smallest absolute Gasteiger partial charge is 0.279 e. The molecule has 1 fully saturated rings. The van der Waals surface area contributed by atoms with Crippen molar-refractivity contribution in [1.82, 2.24) is 10.4 Å². The molecule has 2 unspecified atom stereocenters. The van der Waals surface area contributed by atoms with E-state index in [0.717, 1.165) is 23.4 Å². The van der Waals surface area contributed by atoms with E-state index >= 15 is 0 Å². The van der Waals surface area contributed by atoms with Crippen molar-refractivity contribution in [2.24, 2.45) is 10.9 Å². The zero-order chi connectivity index (χ0) is 23.7. The lowest BCUT2D eigenvalue weighted by atomic mass is 9.96. The molecule has 2 aliphatic rings. The molecule has 2 atom stereocenters. The van der Waals surface area contributed by atoms with Gasteiger partial charge in [0.1, 0.15) is 5.84 Å². The minimum absolute atomic E-state index is 0.0274. The highest BCUT2D eigenvalue weighted by Gasteiger charge is 2.41. The molecule has 3 aromatic carbocycles. The average Bonchev–Trinajstić information content (AvgIpc) is 3.39. The fourth-order valence-electron chi connectivity index (χ4n) is 4.33. The van der Waals surface area contributed by atoms with Crippen molar-refractivity contribution in [3.8, 4) is 11.1 Å². The first-order valence-electron chi connectivity index (χ1n) is 11.8. The van der Waals surface area contributed by atoms with Gasteiger partial charge in [-0.25, -0.2) is 10.0 Å². The van der Waals surface area contributed by atoms with E-state index in [0.29, 0.717) is 10.8 Å². The number of hydrogen-bond donors (Lipinski definition) is 1. The van der Waals surface area contributed by atoms with Crippen LogP contribution in [0.5, 0.6) is 0 Å². The highest BCUT2D eigenvalue weighted by molar-refractivity contribution is 8.05. The van der Waals surface area contributed by atoms with E-state index in [1.165, 1.54) is 28.5 Å². The molecule has 34 heavy (non-hydrogen) atoms. The minimum atomic E-state index is -0.250. The Hall–Kier alpha value is -3.31. The Morgan fingerprint density at radius 1 is 0.941 bits per heavy atom. The molecule has 1 saturated heterocycles. The van der Waals surface area contributed by atoms with Gasteiger partial charge in [-0.05, 0) is 46.2 Å². The van der Waals surface area contributed by atoms with Crippen LogP contribution in [-0.4, -0.2) is 22.2 Å². The number of thioether (sulfide) groups is 1. The third-order valence-corrected chi connectivity index (χ3v) is 7.29. The van der Waals surface area contributed by atoms with Gasteiger partial charge >= 0.3 is 0 Å². The maximum atomic E-state index is 13.0. The van der Waals surface area contributed by atoms with E-state index in [9.17, 15) is 4.79 Å². The van der Waals surface area contributed by atoms with Gasteiger partial charge in [0.05, 0.1) is 4.91 Å². The van der Waals surface area contributed by atoms with Crippen LogP contribution >= 0.6 is 11.8 Å². The summed E-state index contributed by atoms with van der Waals surface area (Å²) in [4.78, 5) is 18.6. The van der Waals surface area contributed by atoms with Crippen LogP contribution in [0.15, 0.2) is 88.8 Å². The number of amides is 1. The third kappa shape index (κ3) is 4.66. The number of carbonyl (C=O) groups excluding carboxylic acids is 1. The second-order valence-electron chi connectivity index (χ2n) is 9.30. The van der Waals surface area contributed by atoms with Crippen LogP contribution in [0, 0.1) is 5.92 Å². The molecule has 0 aromatic heterocycles. The maximum Gasteiger partial charge on any atom is 0.281 e. The summed E-state index contributed by atoms with van der Waals surface area (Å²) in [6.07, 6.45) is 3.03. The molecule has 1 N–H and O–H groups in total. The van der Waals surface area contributed by atoms with Crippen molar-refractivity contribution in [2.75, 3.05) is 0 Å². The lowest BCUT2D eigenvalue weighted by Crippen LogP contribution is -2.41. The van der Waals surface area contributed by atoms with Gasteiger partial charge in [-0.15, -0.1) is 0 Å². The van der Waals surface area contributed by atoms with Gasteiger partial charge < -0.3 is 0 Å². The Bertz CT molecular complexity index is 1230. The van der Waals surface area contributed by atoms with Crippen molar-refractivity contribution in [3.63, 3.8) is 0 Å². The SMILES string of the molecule is CC(C)Cc1ccc(C(C)C2=NC3S/C(=C/c4ccc(-c5ccccc5)cc4)C(=O)N3N2)cc1. The van der Waals surface area contributed by atoms with E-state index in [2.05, 4.69) is 86.9 Å². The Morgan fingerprint density at radius 3 is 2.26 bits per heavy atom. The molecule has 0 aliphatic carbocycles. The van der Waals surface area contributed by atoms with Crippen LogP contribution in [0.2, 0.25) is 0 Å². The molecule has 172 valence electrons. The van der Waals surface area contributed by atoms with E-state index in [4.69, 9.17) is 4.99 Å². The summed E-state index contributed by atoms with van der Waals surface area (Å²) >= 11 is 1.50. The highest BCUT2D eigenvalue weighted by atomic mass is 32.2. The number of rotatable bonds is 6. The molecule has 2 aliphatic heterocycles. The summed E-state index contributed by atoms with van der Waals surface area (Å²) in [7, 11) is 0. The van der Waals surface area contributed by atoms with Crippen LogP contribution in [0.25, 0.3) is 17.2 Å². The van der Waals surface area contributed by atoms with E-state index in [1.54, 1.807) is 5.01 Å². The molecule has 1 amide bonds. The molecule has 2 heterocycles. The number of carbonyl (C=O) groups is 1. The van der Waals surface area contributed by atoms with Crippen LogP contribution in [0.1, 0.15) is 43.4 Å². The summed E-state index contributed by atoms with van der Waals surface area (Å²) < 4.78 is 0. The fraction of sp³-hybridized carbons (Fsp3) is 0.241. The Morgan fingerprint density at radius 2 is 1.62 bits per heavy atom. The second-order valence-corrected chi connectivity index (χ2v) is 10.4. The number of amidine groups is 1. The topological polar surface area (TPSA) is 44.7 Å². The molecule has 0 spiro atoms. The van der Waals surface area contributed by atoms with Gasteiger partial charge in [0.15, 0.2) is 5.50 Å². The van der Waals surface area contributed by atoms with Crippen LogP contribution in [0.3, 0.4) is 0 Å². The van der Waals surface area contributed by atoms with E-state index in [-0.39, 0.29) is 17.3 Å². The number of fused-ring (bicyclic) bond motifs is 1. The first kappa shape index (κ1) is 22.5. The van der Waals surface area contributed by atoms with Crippen molar-refractivity contribution in [1.29, 1.82) is 0 Å². The number of aliphatic imine (C=N–C) groups is 1. The summed E-state index contributed by atoms with van der Waals surface area (Å²) in [5.74, 6) is 1.56. The van der Waals surface area contributed by atoms with Crippen molar-refractivity contribution >= 4 is 29.6 Å². The zero-order valence-electron chi connectivity index (χ0n) is 19.7. The number of benzene rings is 3. The molecule has 3 aromatic rings. The predicted octanol–water partition coefficient (Wildman–Crippen LogP) is 6.47. The van der Waals surface area contributed by atoms with Gasteiger partial charge in [0.2, 0.25) is 0 Å². The van der Waals surface area contributed by atoms with Crippen LogP contribution in [0.4, 0.5) is 0 Å². The summed E-state index contributed by atoms with van der Waals surface area (Å²) in [6, 6.07) is 27.3. The van der Waals surface area contributed by atoms with Gasteiger partial charge in [-0.1, -0.05) is 111 Å². The van der Waals surface area contributed by atoms with Crippen LogP contribution < -0.4 is 5.43 Å². The quantitative estimate of drug-likeness (QED) is 0.423. The predicted molar refractivity (Wildman–Crippen MR) is 142 cm³/mol. The molecule has 0 radical (unpaired) electrons. The molecule has 0 saturated carbocycles. The van der Waals surface area contributed by atoms with Gasteiger partial charge in [-0.3, -0.25) is 10.2 Å². The molecule has 0 bridgehead atoms. The molecule has 5 rings (SSSR count). The minimum Gasteiger partial charge on any atom is -0.279 e. The largest absolute Gasteiger partial charge is 0.281 e. The van der Waals surface area contributed by atoms with E-state index in [1.807, 2.05) is 24.3 Å². The number of nitrogens with one attached hydrogen (secondary N) is 1. The number of hydrazine groups is 1. The lowest BCUT2D eigenvalue weighted by Gasteiger charge is -2.17. The molecular formula is C29H29N3OS. The first-order valence-corrected chi connectivity index (χ1v) is 12.7.